The molecule has 1 amide bonds. The lowest BCUT2D eigenvalue weighted by Crippen LogP contribution is -2.45. The Labute approximate surface area is 167 Å². The van der Waals surface area contributed by atoms with E-state index in [4.69, 9.17) is 0 Å². The number of amides is 1. The number of piperidine rings is 1. The number of nitrogens with zero attached hydrogens (tertiary/aromatic N) is 2. The molecule has 2 heterocycles. The molecule has 1 saturated heterocycles. The highest BCUT2D eigenvalue weighted by atomic mass is 19.1. The van der Waals surface area contributed by atoms with Crippen molar-refractivity contribution in [1.82, 2.24) is 15.2 Å². The van der Waals surface area contributed by atoms with E-state index in [1.54, 1.807) is 30.5 Å². The number of hydrogen-bond acceptors (Lipinski definition) is 3. The number of halogens is 1. The molecule has 0 saturated carbocycles. The van der Waals surface area contributed by atoms with Crippen molar-refractivity contribution in [2.75, 3.05) is 19.6 Å². The SMILES string of the molecule is CCC(C)CCN1CCC(NC(=O)c2ccc(-c3cccc(F)c3)nc2)CC1. The molecule has 28 heavy (non-hydrogen) atoms. The third kappa shape index (κ3) is 5.61. The highest BCUT2D eigenvalue weighted by molar-refractivity contribution is 5.94. The molecule has 150 valence electrons. The highest BCUT2D eigenvalue weighted by Crippen LogP contribution is 2.18. The fraction of sp³-hybridized carbons (Fsp3) is 0.478. The monoisotopic (exact) mass is 383 g/mol. The molecule has 1 aromatic carbocycles. The molecule has 0 aliphatic carbocycles. The number of carbonyl (C=O) groups excluding carboxylic acids is 1. The van der Waals surface area contributed by atoms with Crippen LogP contribution in [0.15, 0.2) is 42.6 Å². The van der Waals surface area contributed by atoms with E-state index in [-0.39, 0.29) is 17.8 Å². The Kier molecular flexibility index (Phi) is 7.15. The summed E-state index contributed by atoms with van der Waals surface area (Å²) < 4.78 is 13.4. The van der Waals surface area contributed by atoms with E-state index >= 15 is 0 Å². The lowest BCUT2D eigenvalue weighted by molar-refractivity contribution is 0.0909. The van der Waals surface area contributed by atoms with Gasteiger partial charge in [0.05, 0.1) is 11.3 Å². The first-order valence-corrected chi connectivity index (χ1v) is 10.3. The Morgan fingerprint density at radius 2 is 2.07 bits per heavy atom. The van der Waals surface area contributed by atoms with E-state index in [1.807, 2.05) is 0 Å². The number of likely N-dealkylation sites (tertiary alicyclic amines) is 1. The Bertz CT molecular complexity index is 770. The van der Waals surface area contributed by atoms with Crippen LogP contribution in [0.1, 0.15) is 49.9 Å². The third-order valence-electron chi connectivity index (χ3n) is 5.70. The molecule has 0 spiro atoms. The molecule has 3 rings (SSSR count). The number of benzene rings is 1. The summed E-state index contributed by atoms with van der Waals surface area (Å²) in [5.41, 5.74) is 1.90. The molecule has 1 fully saturated rings. The van der Waals surface area contributed by atoms with Crippen molar-refractivity contribution >= 4 is 5.91 Å². The van der Waals surface area contributed by atoms with Gasteiger partial charge in [-0.1, -0.05) is 32.4 Å². The van der Waals surface area contributed by atoms with Gasteiger partial charge in [-0.2, -0.15) is 0 Å². The predicted molar refractivity (Wildman–Crippen MR) is 111 cm³/mol. The summed E-state index contributed by atoms with van der Waals surface area (Å²) in [6, 6.07) is 10.0. The molecule has 2 aromatic rings. The summed E-state index contributed by atoms with van der Waals surface area (Å²) in [5, 5.41) is 3.13. The minimum absolute atomic E-state index is 0.0867. The molecule has 4 nitrogen and oxygen atoms in total. The van der Waals surface area contributed by atoms with E-state index in [2.05, 4.69) is 29.0 Å². The number of pyridine rings is 1. The quantitative estimate of drug-likeness (QED) is 0.765. The molecule has 0 radical (unpaired) electrons. The van der Waals surface area contributed by atoms with Crippen LogP contribution in [0.3, 0.4) is 0 Å². The Morgan fingerprint density at radius 3 is 2.71 bits per heavy atom. The smallest absolute Gasteiger partial charge is 0.253 e. The molecule has 1 N–H and O–H groups in total. The fourth-order valence-corrected chi connectivity index (χ4v) is 3.52. The zero-order valence-electron chi connectivity index (χ0n) is 16.8. The summed E-state index contributed by atoms with van der Waals surface area (Å²) >= 11 is 0. The lowest BCUT2D eigenvalue weighted by atomic mass is 10.0. The fourth-order valence-electron chi connectivity index (χ4n) is 3.52. The second-order valence-corrected chi connectivity index (χ2v) is 7.83. The van der Waals surface area contributed by atoms with E-state index in [1.165, 1.54) is 25.0 Å². The second kappa shape index (κ2) is 9.78. The van der Waals surface area contributed by atoms with Crippen LogP contribution in [0.2, 0.25) is 0 Å². The molecule has 1 aliphatic heterocycles. The van der Waals surface area contributed by atoms with Crippen molar-refractivity contribution in [3.8, 4) is 11.3 Å². The highest BCUT2D eigenvalue weighted by Gasteiger charge is 2.21. The van der Waals surface area contributed by atoms with Gasteiger partial charge in [0.1, 0.15) is 5.82 Å². The molecule has 1 unspecified atom stereocenters. The van der Waals surface area contributed by atoms with Crippen LogP contribution in [-0.2, 0) is 0 Å². The molecule has 1 aromatic heterocycles. The topological polar surface area (TPSA) is 45.2 Å². The molecule has 0 bridgehead atoms. The van der Waals surface area contributed by atoms with Gasteiger partial charge in [-0.05, 0) is 56.0 Å². The van der Waals surface area contributed by atoms with Crippen molar-refractivity contribution in [2.45, 2.75) is 45.6 Å². The summed E-state index contributed by atoms with van der Waals surface area (Å²) in [5.74, 6) is 0.397. The van der Waals surface area contributed by atoms with Gasteiger partial charge >= 0.3 is 0 Å². The molecule has 1 atom stereocenters. The number of nitrogens with one attached hydrogen (secondary N) is 1. The van der Waals surface area contributed by atoms with Crippen LogP contribution in [-0.4, -0.2) is 41.5 Å². The Balaban J connectivity index is 1.49. The van der Waals surface area contributed by atoms with Gasteiger partial charge in [0, 0.05) is 30.9 Å². The van der Waals surface area contributed by atoms with Gasteiger partial charge in [-0.25, -0.2) is 4.39 Å². The molecule has 5 heteroatoms. The van der Waals surface area contributed by atoms with Crippen molar-refractivity contribution in [3.05, 3.63) is 54.0 Å². The molecular formula is C23H30FN3O. The normalized spacial score (nSPS) is 16.7. The van der Waals surface area contributed by atoms with E-state index in [0.29, 0.717) is 16.8 Å². The maximum absolute atomic E-state index is 13.4. The van der Waals surface area contributed by atoms with E-state index in [9.17, 15) is 9.18 Å². The van der Waals surface area contributed by atoms with E-state index in [0.717, 1.165) is 38.4 Å². The standard InChI is InChI=1S/C23H30FN3O/c1-3-17(2)9-12-27-13-10-21(11-14-27)26-23(28)19-7-8-22(25-16-19)18-5-4-6-20(24)15-18/h4-8,15-17,21H,3,9-14H2,1-2H3,(H,26,28). The first kappa shape index (κ1) is 20.5. The number of carbonyl (C=O) groups is 1. The number of rotatable bonds is 7. The zero-order valence-corrected chi connectivity index (χ0v) is 16.8. The Morgan fingerprint density at radius 1 is 1.29 bits per heavy atom. The Hall–Kier alpha value is -2.27. The molecule has 1 aliphatic rings. The maximum atomic E-state index is 13.4. The van der Waals surface area contributed by atoms with Crippen LogP contribution in [0, 0.1) is 11.7 Å². The van der Waals surface area contributed by atoms with Gasteiger partial charge in [0.2, 0.25) is 0 Å². The maximum Gasteiger partial charge on any atom is 0.253 e. The minimum Gasteiger partial charge on any atom is -0.349 e. The van der Waals surface area contributed by atoms with Gasteiger partial charge in [-0.3, -0.25) is 9.78 Å². The van der Waals surface area contributed by atoms with Gasteiger partial charge < -0.3 is 10.2 Å². The van der Waals surface area contributed by atoms with Crippen LogP contribution in [0.5, 0.6) is 0 Å². The van der Waals surface area contributed by atoms with Crippen LogP contribution in [0.25, 0.3) is 11.3 Å². The average Bonchev–Trinajstić information content (AvgIpc) is 2.73. The third-order valence-corrected chi connectivity index (χ3v) is 5.70. The van der Waals surface area contributed by atoms with Gasteiger partial charge in [0.15, 0.2) is 0 Å². The van der Waals surface area contributed by atoms with Crippen molar-refractivity contribution < 1.29 is 9.18 Å². The van der Waals surface area contributed by atoms with E-state index < -0.39 is 0 Å². The first-order valence-electron chi connectivity index (χ1n) is 10.3. The van der Waals surface area contributed by atoms with Crippen molar-refractivity contribution in [3.63, 3.8) is 0 Å². The summed E-state index contributed by atoms with van der Waals surface area (Å²) in [6.07, 6.45) is 6.02. The number of hydrogen-bond donors (Lipinski definition) is 1. The van der Waals surface area contributed by atoms with Crippen LogP contribution >= 0.6 is 0 Å². The zero-order chi connectivity index (χ0) is 19.9. The van der Waals surface area contributed by atoms with Crippen molar-refractivity contribution in [1.29, 1.82) is 0 Å². The minimum atomic E-state index is -0.295. The first-order chi connectivity index (χ1) is 13.5. The average molecular weight is 384 g/mol. The second-order valence-electron chi connectivity index (χ2n) is 7.83. The van der Waals surface area contributed by atoms with Crippen LogP contribution < -0.4 is 5.32 Å². The van der Waals surface area contributed by atoms with Gasteiger partial charge in [0.25, 0.3) is 5.91 Å². The number of aromatic nitrogens is 1. The van der Waals surface area contributed by atoms with Crippen molar-refractivity contribution in [2.24, 2.45) is 5.92 Å². The van der Waals surface area contributed by atoms with Crippen LogP contribution in [0.4, 0.5) is 4.39 Å². The molecular weight excluding hydrogens is 353 g/mol. The largest absolute Gasteiger partial charge is 0.349 e. The predicted octanol–water partition coefficient (Wildman–Crippen LogP) is 4.52. The lowest BCUT2D eigenvalue weighted by Gasteiger charge is -2.32. The summed E-state index contributed by atoms with van der Waals surface area (Å²) in [4.78, 5) is 19.4. The van der Waals surface area contributed by atoms with Gasteiger partial charge in [-0.15, -0.1) is 0 Å². The summed E-state index contributed by atoms with van der Waals surface area (Å²) in [6.45, 7) is 7.78. The summed E-state index contributed by atoms with van der Waals surface area (Å²) in [7, 11) is 0.